The molecule has 3 aromatic rings. The lowest BCUT2D eigenvalue weighted by Gasteiger charge is -1.90. The van der Waals surface area contributed by atoms with Crippen LogP contribution in [0.25, 0.3) is 22.4 Å². The van der Waals surface area contributed by atoms with E-state index in [1.807, 2.05) is 11.4 Å². The molecular weight excluding hydrogens is 310 g/mol. The van der Waals surface area contributed by atoms with Gasteiger partial charge in [0.15, 0.2) is 5.82 Å². The van der Waals surface area contributed by atoms with Crippen LogP contribution in [0.15, 0.2) is 27.4 Å². The summed E-state index contributed by atoms with van der Waals surface area (Å²) in [6, 6.07) is 3.93. The fourth-order valence-corrected chi connectivity index (χ4v) is 2.75. The van der Waals surface area contributed by atoms with Crippen LogP contribution in [0.5, 0.6) is 0 Å². The maximum Gasteiger partial charge on any atom is 0.153 e. The zero-order chi connectivity index (χ0) is 12.0. The van der Waals surface area contributed by atoms with E-state index in [9.17, 15) is 8.78 Å². The Balaban J connectivity index is 2.23. The molecule has 1 aromatic carbocycles. The molecule has 0 saturated carbocycles. The van der Waals surface area contributed by atoms with Crippen LogP contribution in [0.3, 0.4) is 0 Å². The van der Waals surface area contributed by atoms with Crippen molar-refractivity contribution in [3.63, 3.8) is 0 Å². The Morgan fingerprint density at radius 1 is 1.24 bits per heavy atom. The van der Waals surface area contributed by atoms with Crippen LogP contribution in [0, 0.1) is 11.6 Å². The number of H-pyrrole nitrogens is 1. The summed E-state index contributed by atoms with van der Waals surface area (Å²) in [6.07, 6.45) is 0. The van der Waals surface area contributed by atoms with Crippen LogP contribution in [-0.4, -0.2) is 9.97 Å². The number of aromatic nitrogens is 2. The molecular formula is C11H5BrF2N2S. The normalized spacial score (nSPS) is 11.2. The highest BCUT2D eigenvalue weighted by Crippen LogP contribution is 2.29. The molecule has 6 heteroatoms. The van der Waals surface area contributed by atoms with Gasteiger partial charge in [-0.05, 0) is 28.1 Å². The molecule has 1 N–H and O–H groups in total. The maximum absolute atomic E-state index is 13.5. The average Bonchev–Trinajstić information content (AvgIpc) is 2.83. The third-order valence-corrected chi connectivity index (χ3v) is 3.85. The number of nitrogens with zero attached hydrogens (tertiary/aromatic N) is 1. The standard InChI is InChI=1S/C11H5BrF2N2S/c12-9-1-5(4-17-9)11-15-8-3-6(13)2-7(14)10(8)16-11/h1-4H,(H,15,16). The average molecular weight is 315 g/mol. The molecule has 0 atom stereocenters. The lowest BCUT2D eigenvalue weighted by Crippen LogP contribution is -1.81. The number of hydrogen-bond acceptors (Lipinski definition) is 2. The van der Waals surface area contributed by atoms with Crippen molar-refractivity contribution in [3.8, 4) is 11.4 Å². The molecule has 0 spiro atoms. The van der Waals surface area contributed by atoms with E-state index in [-0.39, 0.29) is 5.52 Å². The Morgan fingerprint density at radius 2 is 2.06 bits per heavy atom. The topological polar surface area (TPSA) is 28.7 Å². The second-order valence-electron chi connectivity index (χ2n) is 3.51. The predicted molar refractivity (Wildman–Crippen MR) is 67.0 cm³/mol. The molecule has 0 aliphatic heterocycles. The summed E-state index contributed by atoms with van der Waals surface area (Å²) in [6.45, 7) is 0. The zero-order valence-corrected chi connectivity index (χ0v) is 10.7. The monoisotopic (exact) mass is 314 g/mol. The predicted octanol–water partition coefficient (Wildman–Crippen LogP) is 4.33. The van der Waals surface area contributed by atoms with Gasteiger partial charge in [0.2, 0.25) is 0 Å². The number of benzene rings is 1. The third kappa shape index (κ3) is 1.87. The first-order valence-corrected chi connectivity index (χ1v) is 6.40. The lowest BCUT2D eigenvalue weighted by atomic mass is 10.3. The number of thiophene rings is 1. The number of halogens is 3. The second-order valence-corrected chi connectivity index (χ2v) is 5.80. The van der Waals surface area contributed by atoms with E-state index in [1.165, 1.54) is 17.4 Å². The number of rotatable bonds is 1. The molecule has 2 aromatic heterocycles. The van der Waals surface area contributed by atoms with Gasteiger partial charge < -0.3 is 4.98 Å². The van der Waals surface area contributed by atoms with Gasteiger partial charge in [-0.2, -0.15) is 0 Å². The minimum atomic E-state index is -0.656. The molecule has 2 heterocycles. The quantitative estimate of drug-likeness (QED) is 0.711. The lowest BCUT2D eigenvalue weighted by molar-refractivity contribution is 0.591. The highest BCUT2D eigenvalue weighted by Gasteiger charge is 2.11. The number of imidazole rings is 1. The highest BCUT2D eigenvalue weighted by molar-refractivity contribution is 9.11. The summed E-state index contributed by atoms with van der Waals surface area (Å²) < 4.78 is 27.4. The second kappa shape index (κ2) is 3.89. The molecule has 0 radical (unpaired) electrons. The molecule has 0 amide bonds. The van der Waals surface area contributed by atoms with Crippen LogP contribution >= 0.6 is 27.3 Å². The van der Waals surface area contributed by atoms with E-state index in [2.05, 4.69) is 25.9 Å². The van der Waals surface area contributed by atoms with Crippen LogP contribution < -0.4 is 0 Å². The Morgan fingerprint density at radius 3 is 2.76 bits per heavy atom. The summed E-state index contributed by atoms with van der Waals surface area (Å²) in [5, 5.41) is 1.88. The first-order valence-electron chi connectivity index (χ1n) is 4.72. The summed E-state index contributed by atoms with van der Waals surface area (Å²) in [4.78, 5) is 7.03. The van der Waals surface area contributed by atoms with E-state index in [0.717, 1.165) is 15.4 Å². The van der Waals surface area contributed by atoms with Crippen molar-refractivity contribution in [1.82, 2.24) is 9.97 Å². The van der Waals surface area contributed by atoms with E-state index < -0.39 is 11.6 Å². The molecule has 86 valence electrons. The van der Waals surface area contributed by atoms with Gasteiger partial charge in [-0.25, -0.2) is 13.8 Å². The number of hydrogen-bond donors (Lipinski definition) is 1. The third-order valence-electron chi connectivity index (χ3n) is 2.35. The number of nitrogens with one attached hydrogen (secondary N) is 1. The molecule has 0 unspecified atom stereocenters. The van der Waals surface area contributed by atoms with Crippen molar-refractivity contribution in [2.75, 3.05) is 0 Å². The molecule has 0 fully saturated rings. The SMILES string of the molecule is Fc1cc(F)c2nc(-c3csc(Br)c3)[nH]c2c1. The highest BCUT2D eigenvalue weighted by atomic mass is 79.9. The number of fused-ring (bicyclic) bond motifs is 1. The molecule has 3 rings (SSSR count). The van der Waals surface area contributed by atoms with E-state index in [0.29, 0.717) is 11.3 Å². The summed E-state index contributed by atoms with van der Waals surface area (Å²) in [5.41, 5.74) is 1.36. The molecule has 0 saturated heterocycles. The smallest absolute Gasteiger partial charge is 0.153 e. The Kier molecular flexibility index (Phi) is 2.48. The molecule has 2 nitrogen and oxygen atoms in total. The van der Waals surface area contributed by atoms with Gasteiger partial charge in [-0.1, -0.05) is 0 Å². The van der Waals surface area contributed by atoms with Gasteiger partial charge in [-0.15, -0.1) is 11.3 Å². The van der Waals surface area contributed by atoms with Gasteiger partial charge in [-0.3, -0.25) is 0 Å². The largest absolute Gasteiger partial charge is 0.338 e. The summed E-state index contributed by atoms with van der Waals surface area (Å²) in [7, 11) is 0. The molecule has 0 aliphatic rings. The van der Waals surface area contributed by atoms with Crippen LogP contribution in [0.4, 0.5) is 8.78 Å². The Hall–Kier alpha value is -1.27. The van der Waals surface area contributed by atoms with Gasteiger partial charge in [0.1, 0.15) is 17.2 Å². The fourth-order valence-electron chi connectivity index (χ4n) is 1.61. The number of aromatic amines is 1. The van der Waals surface area contributed by atoms with E-state index in [1.54, 1.807) is 0 Å². The zero-order valence-electron chi connectivity index (χ0n) is 8.30. The Bertz CT molecular complexity index is 705. The van der Waals surface area contributed by atoms with Crippen LogP contribution in [-0.2, 0) is 0 Å². The summed E-state index contributed by atoms with van der Waals surface area (Å²) >= 11 is 4.85. The van der Waals surface area contributed by atoms with Crippen molar-refractivity contribution in [3.05, 3.63) is 39.0 Å². The van der Waals surface area contributed by atoms with Crippen molar-refractivity contribution >= 4 is 38.3 Å². The molecule has 0 bridgehead atoms. The summed E-state index contributed by atoms with van der Waals surface area (Å²) in [5.74, 6) is -0.736. The first-order chi connectivity index (χ1) is 8.13. The fraction of sp³-hybridized carbons (Fsp3) is 0. The van der Waals surface area contributed by atoms with E-state index in [4.69, 9.17) is 0 Å². The van der Waals surface area contributed by atoms with E-state index >= 15 is 0 Å². The van der Waals surface area contributed by atoms with Gasteiger partial charge in [0.25, 0.3) is 0 Å². The Labute approximate surface area is 107 Å². The van der Waals surface area contributed by atoms with Crippen molar-refractivity contribution in [1.29, 1.82) is 0 Å². The maximum atomic E-state index is 13.5. The minimum Gasteiger partial charge on any atom is -0.338 e. The minimum absolute atomic E-state index is 0.156. The van der Waals surface area contributed by atoms with Gasteiger partial charge in [0, 0.05) is 17.0 Å². The first kappa shape index (κ1) is 10.9. The van der Waals surface area contributed by atoms with Gasteiger partial charge >= 0.3 is 0 Å². The van der Waals surface area contributed by atoms with Crippen LogP contribution in [0.2, 0.25) is 0 Å². The van der Waals surface area contributed by atoms with Crippen molar-refractivity contribution in [2.24, 2.45) is 0 Å². The van der Waals surface area contributed by atoms with Crippen molar-refractivity contribution < 1.29 is 8.78 Å². The van der Waals surface area contributed by atoms with Crippen molar-refractivity contribution in [2.45, 2.75) is 0 Å². The van der Waals surface area contributed by atoms with Crippen LogP contribution in [0.1, 0.15) is 0 Å². The van der Waals surface area contributed by atoms with Gasteiger partial charge in [0.05, 0.1) is 9.30 Å². The molecule has 0 aliphatic carbocycles. The molecule has 17 heavy (non-hydrogen) atoms.